The highest BCUT2D eigenvalue weighted by Gasteiger charge is 2.11. The number of para-hydroxylation sites is 1. The molecule has 112 valence electrons. The Bertz CT molecular complexity index is 533. The van der Waals surface area contributed by atoms with Crippen LogP contribution < -0.4 is 10.1 Å². The van der Waals surface area contributed by atoms with Crippen LogP contribution in [0.1, 0.15) is 11.7 Å². The van der Waals surface area contributed by atoms with Crippen LogP contribution in [-0.4, -0.2) is 26.8 Å². The number of likely N-dealkylation sites (N-methyl/N-ethyl adjacent to an activating group) is 1. The van der Waals surface area contributed by atoms with E-state index in [0.717, 1.165) is 22.3 Å². The number of ether oxygens (including phenoxy) is 2. The van der Waals surface area contributed by atoms with E-state index in [4.69, 9.17) is 9.47 Å². The third kappa shape index (κ3) is 5.50. The monoisotopic (exact) mass is 349 g/mol. The molecule has 2 aromatic rings. The molecule has 2 aromatic carbocycles. The zero-order chi connectivity index (χ0) is 14.9. The summed E-state index contributed by atoms with van der Waals surface area (Å²) in [6.07, 6.45) is 0.0203. The molecule has 0 aliphatic rings. The Kier molecular flexibility index (Phi) is 6.73. The Morgan fingerprint density at radius 2 is 1.86 bits per heavy atom. The second kappa shape index (κ2) is 8.82. The van der Waals surface area contributed by atoms with E-state index in [1.165, 1.54) is 0 Å². The first-order valence-corrected chi connectivity index (χ1v) is 7.78. The molecule has 4 heteroatoms. The minimum absolute atomic E-state index is 0.0203. The summed E-state index contributed by atoms with van der Waals surface area (Å²) in [5, 5.41) is 3.16. The molecular weight excluding hydrogens is 330 g/mol. The average molecular weight is 350 g/mol. The van der Waals surface area contributed by atoms with E-state index in [1.807, 2.05) is 49.5 Å². The van der Waals surface area contributed by atoms with Gasteiger partial charge in [-0.2, -0.15) is 0 Å². The number of benzene rings is 2. The van der Waals surface area contributed by atoms with Gasteiger partial charge in [-0.15, -0.1) is 0 Å². The van der Waals surface area contributed by atoms with Crippen molar-refractivity contribution in [2.75, 3.05) is 26.8 Å². The molecule has 0 saturated carbocycles. The molecule has 0 spiro atoms. The molecule has 0 amide bonds. The van der Waals surface area contributed by atoms with Crippen molar-refractivity contribution in [3.8, 4) is 5.75 Å². The lowest BCUT2D eigenvalue weighted by Crippen LogP contribution is -2.21. The van der Waals surface area contributed by atoms with Crippen molar-refractivity contribution < 1.29 is 9.47 Å². The normalized spacial score (nSPS) is 12.1. The number of rotatable bonds is 8. The van der Waals surface area contributed by atoms with Gasteiger partial charge in [-0.1, -0.05) is 46.3 Å². The fourth-order valence-electron chi connectivity index (χ4n) is 2.03. The molecule has 0 aromatic heterocycles. The molecule has 0 radical (unpaired) electrons. The van der Waals surface area contributed by atoms with Crippen LogP contribution in [0.25, 0.3) is 0 Å². The van der Waals surface area contributed by atoms with Crippen molar-refractivity contribution in [2.45, 2.75) is 6.10 Å². The van der Waals surface area contributed by atoms with Gasteiger partial charge in [-0.05, 0) is 36.9 Å². The van der Waals surface area contributed by atoms with Crippen molar-refractivity contribution in [1.29, 1.82) is 0 Å². The number of hydrogen-bond acceptors (Lipinski definition) is 3. The summed E-state index contributed by atoms with van der Waals surface area (Å²) in [5.74, 6) is 0.869. The quantitative estimate of drug-likeness (QED) is 0.735. The van der Waals surface area contributed by atoms with Crippen LogP contribution in [0.5, 0.6) is 5.75 Å². The van der Waals surface area contributed by atoms with Crippen LogP contribution in [0, 0.1) is 0 Å². The van der Waals surface area contributed by atoms with E-state index in [0.29, 0.717) is 13.2 Å². The van der Waals surface area contributed by atoms with E-state index in [-0.39, 0.29) is 6.10 Å². The second-order valence-corrected chi connectivity index (χ2v) is 5.55. The molecule has 2 rings (SSSR count). The van der Waals surface area contributed by atoms with E-state index in [9.17, 15) is 0 Å². The largest absolute Gasteiger partial charge is 0.491 e. The van der Waals surface area contributed by atoms with E-state index < -0.39 is 0 Å². The molecular formula is C17H20BrNO2. The van der Waals surface area contributed by atoms with Crippen molar-refractivity contribution in [3.05, 3.63) is 64.6 Å². The molecule has 0 bridgehead atoms. The third-order valence-corrected chi connectivity index (χ3v) is 3.52. The van der Waals surface area contributed by atoms with Gasteiger partial charge >= 0.3 is 0 Å². The Hall–Kier alpha value is -1.36. The first-order valence-electron chi connectivity index (χ1n) is 6.99. The molecule has 0 aliphatic carbocycles. The van der Waals surface area contributed by atoms with Gasteiger partial charge in [-0.3, -0.25) is 0 Å². The molecule has 0 fully saturated rings. The Morgan fingerprint density at radius 1 is 1.05 bits per heavy atom. The van der Waals surface area contributed by atoms with Gasteiger partial charge in [0.2, 0.25) is 0 Å². The minimum atomic E-state index is 0.0203. The van der Waals surface area contributed by atoms with Gasteiger partial charge in [0.15, 0.2) is 0 Å². The van der Waals surface area contributed by atoms with Crippen molar-refractivity contribution in [1.82, 2.24) is 5.32 Å². The lowest BCUT2D eigenvalue weighted by Gasteiger charge is -2.18. The average Bonchev–Trinajstić information content (AvgIpc) is 2.51. The summed E-state index contributed by atoms with van der Waals surface area (Å²) in [4.78, 5) is 0. The lowest BCUT2D eigenvalue weighted by molar-refractivity contribution is 0.0341. The number of nitrogens with one attached hydrogen (secondary N) is 1. The zero-order valence-corrected chi connectivity index (χ0v) is 13.7. The Morgan fingerprint density at radius 3 is 2.57 bits per heavy atom. The standard InChI is InChI=1S/C17H20BrNO2/c1-19-13-17(14-6-5-7-15(18)12-14)21-11-10-20-16-8-3-2-4-9-16/h2-9,12,17,19H,10-11,13H2,1H3. The van der Waals surface area contributed by atoms with Crippen LogP contribution >= 0.6 is 15.9 Å². The summed E-state index contributed by atoms with van der Waals surface area (Å²) < 4.78 is 12.6. The van der Waals surface area contributed by atoms with Gasteiger partial charge in [0, 0.05) is 11.0 Å². The second-order valence-electron chi connectivity index (χ2n) is 4.63. The van der Waals surface area contributed by atoms with E-state index >= 15 is 0 Å². The molecule has 1 N–H and O–H groups in total. The van der Waals surface area contributed by atoms with Crippen LogP contribution in [0.2, 0.25) is 0 Å². The van der Waals surface area contributed by atoms with E-state index in [2.05, 4.69) is 33.4 Å². The lowest BCUT2D eigenvalue weighted by atomic mass is 10.1. The van der Waals surface area contributed by atoms with Gasteiger partial charge in [0.1, 0.15) is 12.4 Å². The third-order valence-electron chi connectivity index (χ3n) is 3.02. The molecule has 3 nitrogen and oxygen atoms in total. The van der Waals surface area contributed by atoms with E-state index in [1.54, 1.807) is 0 Å². The minimum Gasteiger partial charge on any atom is -0.491 e. The molecule has 21 heavy (non-hydrogen) atoms. The summed E-state index contributed by atoms with van der Waals surface area (Å²) in [6.45, 7) is 1.85. The highest BCUT2D eigenvalue weighted by molar-refractivity contribution is 9.10. The first-order chi connectivity index (χ1) is 10.3. The van der Waals surface area contributed by atoms with Crippen LogP contribution in [0.3, 0.4) is 0 Å². The van der Waals surface area contributed by atoms with Crippen molar-refractivity contribution in [3.63, 3.8) is 0 Å². The summed E-state index contributed by atoms with van der Waals surface area (Å²) >= 11 is 3.49. The molecule has 0 saturated heterocycles. The highest BCUT2D eigenvalue weighted by Crippen LogP contribution is 2.20. The Balaban J connectivity index is 1.83. The summed E-state index contributed by atoms with van der Waals surface area (Å²) in [7, 11) is 1.93. The van der Waals surface area contributed by atoms with Crippen LogP contribution in [0.4, 0.5) is 0 Å². The zero-order valence-electron chi connectivity index (χ0n) is 12.1. The van der Waals surface area contributed by atoms with Gasteiger partial charge in [-0.25, -0.2) is 0 Å². The predicted molar refractivity (Wildman–Crippen MR) is 88.7 cm³/mol. The maximum atomic E-state index is 5.94. The molecule has 0 aliphatic heterocycles. The number of halogens is 1. The van der Waals surface area contributed by atoms with Crippen molar-refractivity contribution in [2.24, 2.45) is 0 Å². The SMILES string of the molecule is CNCC(OCCOc1ccccc1)c1cccc(Br)c1. The smallest absolute Gasteiger partial charge is 0.119 e. The fraction of sp³-hybridized carbons (Fsp3) is 0.294. The maximum absolute atomic E-state index is 5.94. The Labute approximate surface area is 134 Å². The maximum Gasteiger partial charge on any atom is 0.119 e. The molecule has 1 unspecified atom stereocenters. The van der Waals surface area contributed by atoms with Gasteiger partial charge < -0.3 is 14.8 Å². The first kappa shape index (κ1) is 16.0. The molecule has 1 atom stereocenters. The van der Waals surface area contributed by atoms with Gasteiger partial charge in [0.05, 0.1) is 12.7 Å². The summed E-state index contributed by atoms with van der Waals surface area (Å²) in [5.41, 5.74) is 1.15. The molecule has 0 heterocycles. The van der Waals surface area contributed by atoms with Crippen molar-refractivity contribution >= 4 is 15.9 Å². The summed E-state index contributed by atoms with van der Waals surface area (Å²) in [6, 6.07) is 18.0. The number of hydrogen-bond donors (Lipinski definition) is 1. The fourth-order valence-corrected chi connectivity index (χ4v) is 2.45. The topological polar surface area (TPSA) is 30.5 Å². The van der Waals surface area contributed by atoms with Gasteiger partial charge in [0.25, 0.3) is 0 Å². The highest BCUT2D eigenvalue weighted by atomic mass is 79.9. The predicted octanol–water partition coefficient (Wildman–Crippen LogP) is 3.81. The van der Waals surface area contributed by atoms with Crippen LogP contribution in [0.15, 0.2) is 59.1 Å². The van der Waals surface area contributed by atoms with Crippen LogP contribution in [-0.2, 0) is 4.74 Å².